The Morgan fingerprint density at radius 2 is 0.614 bits per heavy atom. The Morgan fingerprint density at radius 3 is 0.932 bits per heavy atom. The van der Waals surface area contributed by atoms with Crippen LogP contribution in [-0.4, -0.2) is 96.7 Å². The average molecular weight is 1290 g/mol. The van der Waals surface area contributed by atoms with Crippen LogP contribution < -0.4 is 0 Å². The monoisotopic (exact) mass is 1290 g/mol. The van der Waals surface area contributed by atoms with E-state index in [0.717, 1.165) is 109 Å². The van der Waals surface area contributed by atoms with E-state index in [1.807, 2.05) is 0 Å². The Bertz CT molecular complexity index is 1800. The second kappa shape index (κ2) is 62.0. The molecule has 0 aromatic heterocycles. The molecule has 0 fully saturated rings. The van der Waals surface area contributed by atoms with Crippen LogP contribution in [0.15, 0.2) is 24.3 Å². The molecule has 0 aromatic carbocycles. The number of esters is 4. The van der Waals surface area contributed by atoms with Gasteiger partial charge in [0.15, 0.2) is 12.2 Å². The summed E-state index contributed by atoms with van der Waals surface area (Å²) >= 11 is 0. The molecule has 0 saturated carbocycles. The van der Waals surface area contributed by atoms with E-state index in [9.17, 15) is 43.2 Å². The predicted octanol–water partition coefficient (Wildman–Crippen LogP) is 19.3. The van der Waals surface area contributed by atoms with Gasteiger partial charge in [0.1, 0.15) is 19.3 Å². The van der Waals surface area contributed by atoms with Gasteiger partial charge in [-0.1, -0.05) is 277 Å². The van der Waals surface area contributed by atoms with Gasteiger partial charge >= 0.3 is 39.5 Å². The molecule has 0 aliphatic carbocycles. The number of phosphoric ester groups is 2. The number of carbonyl (C=O) groups is 4. The van der Waals surface area contributed by atoms with Crippen LogP contribution in [0.5, 0.6) is 0 Å². The first-order valence-corrected chi connectivity index (χ1v) is 38.4. The van der Waals surface area contributed by atoms with E-state index in [2.05, 4.69) is 58.9 Å². The molecule has 518 valence electrons. The maximum Gasteiger partial charge on any atom is 0.472 e. The van der Waals surface area contributed by atoms with Crippen molar-refractivity contribution in [3.63, 3.8) is 0 Å². The lowest BCUT2D eigenvalue weighted by molar-refractivity contribution is -0.161. The van der Waals surface area contributed by atoms with Crippen molar-refractivity contribution in [2.24, 2.45) is 5.92 Å². The smallest absolute Gasteiger partial charge is 0.462 e. The van der Waals surface area contributed by atoms with Gasteiger partial charge in [-0.15, -0.1) is 0 Å². The predicted molar refractivity (Wildman–Crippen MR) is 354 cm³/mol. The number of phosphoric acid groups is 2. The molecular formula is C69H130O17P2. The first-order valence-electron chi connectivity index (χ1n) is 35.5. The van der Waals surface area contributed by atoms with Gasteiger partial charge in [0.25, 0.3) is 0 Å². The van der Waals surface area contributed by atoms with Crippen molar-refractivity contribution in [3.8, 4) is 0 Å². The van der Waals surface area contributed by atoms with Crippen LogP contribution >= 0.6 is 15.6 Å². The molecule has 2 unspecified atom stereocenters. The average Bonchev–Trinajstić information content (AvgIpc) is 3.64. The fraction of sp³-hybridized carbons (Fsp3) is 0.884. The summed E-state index contributed by atoms with van der Waals surface area (Å²) in [6, 6.07) is 0. The number of rotatable bonds is 67. The minimum atomic E-state index is -4.96. The van der Waals surface area contributed by atoms with Crippen LogP contribution in [0.1, 0.15) is 330 Å². The second-order valence-corrected chi connectivity index (χ2v) is 27.6. The number of aliphatic hydroxyl groups excluding tert-OH is 1. The van der Waals surface area contributed by atoms with Gasteiger partial charge in [0, 0.05) is 25.7 Å². The van der Waals surface area contributed by atoms with E-state index in [1.165, 1.54) is 135 Å². The van der Waals surface area contributed by atoms with Crippen molar-refractivity contribution in [2.45, 2.75) is 348 Å². The molecular weight excluding hydrogens is 1160 g/mol. The van der Waals surface area contributed by atoms with Gasteiger partial charge in [-0.2, -0.15) is 0 Å². The van der Waals surface area contributed by atoms with E-state index < -0.39 is 97.5 Å². The maximum absolute atomic E-state index is 13.0. The number of carbonyl (C=O) groups excluding carboxylic acids is 4. The van der Waals surface area contributed by atoms with Crippen molar-refractivity contribution in [1.82, 2.24) is 0 Å². The fourth-order valence-electron chi connectivity index (χ4n) is 9.93. The molecule has 0 bridgehead atoms. The lowest BCUT2D eigenvalue weighted by atomic mass is 10.0. The quantitative estimate of drug-likeness (QED) is 0.0169. The molecule has 0 aromatic rings. The van der Waals surface area contributed by atoms with Gasteiger partial charge in [-0.05, 0) is 57.3 Å². The zero-order chi connectivity index (χ0) is 64.9. The molecule has 0 saturated heterocycles. The van der Waals surface area contributed by atoms with Crippen molar-refractivity contribution >= 4 is 39.5 Å². The van der Waals surface area contributed by atoms with Crippen LogP contribution in [0.25, 0.3) is 0 Å². The molecule has 3 N–H and O–H groups in total. The highest BCUT2D eigenvalue weighted by molar-refractivity contribution is 7.47. The van der Waals surface area contributed by atoms with Gasteiger partial charge in [0.05, 0.1) is 26.4 Å². The SMILES string of the molecule is CCCCCC/C=C\C=C/CCCCCCCC(=O)O[C@H](COC(=O)CCCCCCCCCCCCCCC)COP(=O)(O)OC[C@@H](O)COP(=O)(O)OC[C@@H](COC(=O)CCCCCCCCC(C)C)OC(=O)CCCCCCCCCCCCC. The summed E-state index contributed by atoms with van der Waals surface area (Å²) in [5.74, 6) is -1.48. The molecule has 0 radical (unpaired) electrons. The van der Waals surface area contributed by atoms with Crippen molar-refractivity contribution < 1.29 is 80.2 Å². The molecule has 19 heteroatoms. The summed E-state index contributed by atoms with van der Waals surface area (Å²) in [6.45, 7) is 7.08. The Kier molecular flexibility index (Phi) is 60.3. The molecule has 0 aliphatic heterocycles. The first-order chi connectivity index (χ1) is 42.5. The summed E-state index contributed by atoms with van der Waals surface area (Å²) in [4.78, 5) is 72.4. The third kappa shape index (κ3) is 62.4. The zero-order valence-corrected chi connectivity index (χ0v) is 58.1. The normalized spacial score (nSPS) is 14.3. The van der Waals surface area contributed by atoms with E-state index in [4.69, 9.17) is 37.0 Å². The Morgan fingerprint density at radius 1 is 0.352 bits per heavy atom. The van der Waals surface area contributed by atoms with Gasteiger partial charge in [0.2, 0.25) is 0 Å². The van der Waals surface area contributed by atoms with E-state index in [1.54, 1.807) is 0 Å². The number of allylic oxidation sites excluding steroid dienone is 4. The molecule has 0 aliphatic rings. The minimum Gasteiger partial charge on any atom is -0.462 e. The number of aliphatic hydroxyl groups is 1. The summed E-state index contributed by atoms with van der Waals surface area (Å²) in [5.41, 5.74) is 0. The molecule has 0 amide bonds. The Balaban J connectivity index is 5.28. The molecule has 0 rings (SSSR count). The number of unbranched alkanes of at least 4 members (excludes halogenated alkanes) is 36. The Labute approximate surface area is 535 Å². The lowest BCUT2D eigenvalue weighted by Gasteiger charge is -2.21. The van der Waals surface area contributed by atoms with Crippen molar-refractivity contribution in [3.05, 3.63) is 24.3 Å². The lowest BCUT2D eigenvalue weighted by Crippen LogP contribution is -2.30. The van der Waals surface area contributed by atoms with Crippen LogP contribution in [0.2, 0.25) is 0 Å². The third-order valence-electron chi connectivity index (χ3n) is 15.4. The van der Waals surface area contributed by atoms with Gasteiger partial charge in [-0.3, -0.25) is 37.3 Å². The van der Waals surface area contributed by atoms with Crippen molar-refractivity contribution in [1.29, 1.82) is 0 Å². The van der Waals surface area contributed by atoms with Crippen LogP contribution in [0.4, 0.5) is 0 Å². The van der Waals surface area contributed by atoms with Gasteiger partial charge in [-0.25, -0.2) is 9.13 Å². The first kappa shape index (κ1) is 85.5. The highest BCUT2D eigenvalue weighted by atomic mass is 31.2. The fourth-order valence-corrected chi connectivity index (χ4v) is 11.5. The van der Waals surface area contributed by atoms with Crippen LogP contribution in [0.3, 0.4) is 0 Å². The maximum atomic E-state index is 13.0. The molecule has 0 heterocycles. The number of ether oxygens (including phenoxy) is 4. The number of hydrogen-bond donors (Lipinski definition) is 3. The van der Waals surface area contributed by atoms with E-state index in [0.29, 0.717) is 31.6 Å². The van der Waals surface area contributed by atoms with Crippen LogP contribution in [0, 0.1) is 5.92 Å². The van der Waals surface area contributed by atoms with Crippen molar-refractivity contribution in [2.75, 3.05) is 39.6 Å². The minimum absolute atomic E-state index is 0.0853. The largest absolute Gasteiger partial charge is 0.472 e. The standard InChI is InChI=1S/C69H130O17P2/c1-6-9-12-15-18-21-24-26-27-29-32-35-38-45-50-55-69(74)85-64(58-79-66(71)52-47-42-36-33-31-28-25-22-19-16-13-10-7-2)60-83-87(75,76)81-56-63(70)57-82-88(77,78)84-61-65(59-80-67(72)53-48-43-40-39-41-46-51-62(4)5)86-68(73)54-49-44-37-34-30-23-20-17-14-11-8-3/h21,24,26-27,62-65,70H,6-20,22-23,25,28-61H2,1-5H3,(H,75,76)(H,77,78)/b24-21-,27-26-/t63-,64-,65-/m1/s1. The zero-order valence-electron chi connectivity index (χ0n) is 56.3. The summed E-state index contributed by atoms with van der Waals surface area (Å²) in [7, 11) is -9.91. The Hall–Kier alpha value is -2.46. The topological polar surface area (TPSA) is 237 Å². The molecule has 5 atom stereocenters. The number of hydrogen-bond acceptors (Lipinski definition) is 15. The third-order valence-corrected chi connectivity index (χ3v) is 17.3. The summed E-state index contributed by atoms with van der Waals surface area (Å²) in [5, 5.41) is 10.6. The molecule has 0 spiro atoms. The molecule has 17 nitrogen and oxygen atoms in total. The van der Waals surface area contributed by atoms with Gasteiger partial charge < -0.3 is 33.8 Å². The van der Waals surface area contributed by atoms with E-state index >= 15 is 0 Å². The summed E-state index contributed by atoms with van der Waals surface area (Å²) in [6.07, 6.45) is 50.8. The molecule has 88 heavy (non-hydrogen) atoms. The van der Waals surface area contributed by atoms with Crippen LogP contribution in [-0.2, 0) is 65.4 Å². The highest BCUT2D eigenvalue weighted by Gasteiger charge is 2.30. The second-order valence-electron chi connectivity index (χ2n) is 24.7. The highest BCUT2D eigenvalue weighted by Crippen LogP contribution is 2.45. The van der Waals surface area contributed by atoms with E-state index in [-0.39, 0.29) is 25.7 Å². The summed E-state index contributed by atoms with van der Waals surface area (Å²) < 4.78 is 68.1.